The first kappa shape index (κ1) is 26.5. The van der Waals surface area contributed by atoms with E-state index in [4.69, 9.17) is 22.1 Å². The number of hydrogen-bond donors (Lipinski definition) is 1. The molecule has 0 bridgehead atoms. The summed E-state index contributed by atoms with van der Waals surface area (Å²) in [7, 11) is 0. The Kier molecular flexibility index (Phi) is 6.98. The van der Waals surface area contributed by atoms with Crippen molar-refractivity contribution in [3.63, 3.8) is 0 Å². The molecule has 0 saturated carbocycles. The van der Waals surface area contributed by atoms with Gasteiger partial charge in [-0.05, 0) is 49.4 Å². The van der Waals surface area contributed by atoms with E-state index < -0.39 is 29.7 Å². The van der Waals surface area contributed by atoms with Gasteiger partial charge < -0.3 is 20.3 Å². The molecule has 0 aliphatic carbocycles. The number of hydrogen-bond acceptors (Lipinski definition) is 6. The normalized spacial score (nSPS) is 17.4. The Hall–Kier alpha value is -4.06. The lowest BCUT2D eigenvalue weighted by atomic mass is 10.1. The lowest BCUT2D eigenvalue weighted by molar-refractivity contribution is -0.137. The first-order chi connectivity index (χ1) is 18.6. The average molecular weight is 561 g/mol. The van der Waals surface area contributed by atoms with Crippen LogP contribution in [0.5, 0.6) is 5.88 Å². The maximum Gasteiger partial charge on any atom is 0.418 e. The predicted octanol–water partition coefficient (Wildman–Crippen LogP) is 4.44. The van der Waals surface area contributed by atoms with E-state index in [1.807, 2.05) is 11.8 Å². The zero-order valence-corrected chi connectivity index (χ0v) is 21.5. The highest BCUT2D eigenvalue weighted by Gasteiger charge is 2.45. The molecular weight excluding hydrogens is 537 g/mol. The average Bonchev–Trinajstić information content (AvgIpc) is 3.23. The Bertz CT molecular complexity index is 1440. The number of pyridine rings is 2. The largest absolute Gasteiger partial charge is 0.477 e. The second-order valence-electron chi connectivity index (χ2n) is 9.06. The number of ether oxygens (including phenoxy) is 1. The molecule has 2 aliphatic heterocycles. The number of rotatable bonds is 6. The molecule has 3 aromatic rings. The summed E-state index contributed by atoms with van der Waals surface area (Å²) < 4.78 is 46.8. The van der Waals surface area contributed by atoms with Crippen molar-refractivity contribution in [3.8, 4) is 17.1 Å². The molecule has 1 aromatic carbocycles. The van der Waals surface area contributed by atoms with Crippen LogP contribution < -0.4 is 20.3 Å². The number of aromatic nitrogens is 2. The van der Waals surface area contributed by atoms with Crippen molar-refractivity contribution in [2.24, 2.45) is 5.73 Å². The number of amides is 3. The van der Waals surface area contributed by atoms with Crippen LogP contribution in [-0.2, 0) is 6.18 Å². The van der Waals surface area contributed by atoms with Crippen LogP contribution in [0.15, 0.2) is 48.7 Å². The molecule has 2 N–H and O–H groups in total. The van der Waals surface area contributed by atoms with Crippen LogP contribution in [0.2, 0.25) is 5.02 Å². The molecule has 4 heterocycles. The molecule has 39 heavy (non-hydrogen) atoms. The van der Waals surface area contributed by atoms with Gasteiger partial charge in [-0.3, -0.25) is 9.69 Å². The number of carbonyl (C=O) groups excluding carboxylic acids is 2. The number of alkyl halides is 3. The van der Waals surface area contributed by atoms with E-state index in [0.717, 1.165) is 11.0 Å². The van der Waals surface area contributed by atoms with Crippen LogP contribution >= 0.6 is 11.6 Å². The van der Waals surface area contributed by atoms with Crippen LogP contribution in [0.25, 0.3) is 11.3 Å². The lowest BCUT2D eigenvalue weighted by Crippen LogP contribution is -2.52. The monoisotopic (exact) mass is 560 g/mol. The summed E-state index contributed by atoms with van der Waals surface area (Å²) in [6.45, 7) is 3.11. The number of halogens is 4. The van der Waals surface area contributed by atoms with Gasteiger partial charge in [-0.25, -0.2) is 14.8 Å². The summed E-state index contributed by atoms with van der Waals surface area (Å²) in [5, 5.41) is -0.0730. The van der Waals surface area contributed by atoms with E-state index in [2.05, 4.69) is 9.97 Å². The van der Waals surface area contributed by atoms with Gasteiger partial charge in [0.05, 0.1) is 40.8 Å². The fraction of sp³-hybridized carbons (Fsp3) is 0.308. The van der Waals surface area contributed by atoms with E-state index in [1.165, 1.54) is 12.1 Å². The summed E-state index contributed by atoms with van der Waals surface area (Å²) in [4.78, 5) is 38.8. The van der Waals surface area contributed by atoms with Crippen molar-refractivity contribution >= 4 is 34.9 Å². The SMILES string of the molecule is CCOc1ncccc1-c1ccc(N2CCN3C(=O)N(c4ccc(Cl)cc4C(F)(F)F)CC3C2)c(C(N)=O)n1. The van der Waals surface area contributed by atoms with Gasteiger partial charge in [0.25, 0.3) is 5.91 Å². The Morgan fingerprint density at radius 2 is 1.92 bits per heavy atom. The second-order valence-corrected chi connectivity index (χ2v) is 9.50. The summed E-state index contributed by atoms with van der Waals surface area (Å²) >= 11 is 5.82. The van der Waals surface area contributed by atoms with Gasteiger partial charge in [0.2, 0.25) is 5.88 Å². The fourth-order valence-corrected chi connectivity index (χ4v) is 5.15. The molecule has 1 atom stereocenters. The number of nitrogens with two attached hydrogens (primary N) is 1. The van der Waals surface area contributed by atoms with E-state index in [0.29, 0.717) is 36.0 Å². The van der Waals surface area contributed by atoms with Crippen LogP contribution in [0.4, 0.5) is 29.3 Å². The van der Waals surface area contributed by atoms with Gasteiger partial charge >= 0.3 is 12.2 Å². The number of fused-ring (bicyclic) bond motifs is 1. The minimum Gasteiger partial charge on any atom is -0.477 e. The fourth-order valence-electron chi connectivity index (χ4n) is 4.97. The number of nitrogens with zero attached hydrogens (tertiary/aromatic N) is 5. The summed E-state index contributed by atoms with van der Waals surface area (Å²) in [5.74, 6) is -0.370. The molecule has 2 aromatic heterocycles. The Labute approximate surface area is 226 Å². The van der Waals surface area contributed by atoms with Crippen molar-refractivity contribution in [1.29, 1.82) is 0 Å². The topological polar surface area (TPSA) is 105 Å². The van der Waals surface area contributed by atoms with Crippen LogP contribution in [0.3, 0.4) is 0 Å². The maximum atomic E-state index is 13.7. The lowest BCUT2D eigenvalue weighted by Gasteiger charge is -2.38. The Morgan fingerprint density at radius 1 is 1.15 bits per heavy atom. The molecule has 9 nitrogen and oxygen atoms in total. The van der Waals surface area contributed by atoms with Crippen molar-refractivity contribution in [2.75, 3.05) is 42.6 Å². The van der Waals surface area contributed by atoms with Gasteiger partial charge in [-0.15, -0.1) is 0 Å². The Balaban J connectivity index is 1.43. The van der Waals surface area contributed by atoms with E-state index in [-0.39, 0.29) is 36.0 Å². The number of benzene rings is 1. The Morgan fingerprint density at radius 3 is 2.64 bits per heavy atom. The standard InChI is InChI=1S/C26H24ClF3N6O3/c1-2-39-24-17(4-3-9-32-24)19-6-8-21(22(33-19)23(31)37)34-10-11-35-16(13-34)14-36(25(35)38)20-7-5-15(27)12-18(20)26(28,29)30/h3-9,12,16H,2,10-11,13-14H2,1H3,(H2,31,37). The second kappa shape index (κ2) is 10.3. The van der Waals surface area contributed by atoms with E-state index >= 15 is 0 Å². The number of urea groups is 1. The van der Waals surface area contributed by atoms with Crippen LogP contribution in [0.1, 0.15) is 23.0 Å². The highest BCUT2D eigenvalue weighted by Crippen LogP contribution is 2.40. The predicted molar refractivity (Wildman–Crippen MR) is 139 cm³/mol. The molecule has 3 amide bonds. The molecule has 2 aliphatic rings. The molecule has 5 rings (SSSR count). The summed E-state index contributed by atoms with van der Waals surface area (Å²) in [6.07, 6.45) is -3.10. The van der Waals surface area contributed by atoms with E-state index in [9.17, 15) is 22.8 Å². The van der Waals surface area contributed by atoms with Gasteiger partial charge in [0.15, 0.2) is 5.69 Å². The first-order valence-corrected chi connectivity index (χ1v) is 12.5. The highest BCUT2D eigenvalue weighted by atomic mass is 35.5. The molecular formula is C26H24ClF3N6O3. The minimum absolute atomic E-state index is 0.0326. The van der Waals surface area contributed by atoms with Crippen molar-refractivity contribution < 1.29 is 27.5 Å². The van der Waals surface area contributed by atoms with Crippen LogP contribution in [0, 0.1) is 0 Å². The van der Waals surface area contributed by atoms with Gasteiger partial charge in [0, 0.05) is 37.4 Å². The third kappa shape index (κ3) is 5.03. The van der Waals surface area contributed by atoms with Crippen molar-refractivity contribution in [2.45, 2.75) is 19.1 Å². The molecule has 204 valence electrons. The highest BCUT2D eigenvalue weighted by molar-refractivity contribution is 6.30. The number of piperazine rings is 1. The van der Waals surface area contributed by atoms with Crippen LogP contribution in [-0.4, -0.2) is 65.6 Å². The zero-order valence-electron chi connectivity index (χ0n) is 20.8. The number of carbonyl (C=O) groups is 2. The molecule has 2 saturated heterocycles. The first-order valence-electron chi connectivity index (χ1n) is 12.2. The molecule has 0 spiro atoms. The quantitative estimate of drug-likeness (QED) is 0.478. The van der Waals surface area contributed by atoms with E-state index in [1.54, 1.807) is 35.4 Å². The zero-order chi connectivity index (χ0) is 27.9. The van der Waals surface area contributed by atoms with Gasteiger partial charge in [0.1, 0.15) is 0 Å². The molecule has 13 heteroatoms. The third-order valence-electron chi connectivity index (χ3n) is 6.68. The third-order valence-corrected chi connectivity index (χ3v) is 6.92. The van der Waals surface area contributed by atoms with Gasteiger partial charge in [-0.1, -0.05) is 11.6 Å². The van der Waals surface area contributed by atoms with Crippen molar-refractivity contribution in [3.05, 3.63) is 64.9 Å². The maximum absolute atomic E-state index is 13.7. The summed E-state index contributed by atoms with van der Waals surface area (Å²) in [5.41, 5.74) is 6.03. The van der Waals surface area contributed by atoms with Crippen molar-refractivity contribution in [1.82, 2.24) is 14.9 Å². The molecule has 1 unspecified atom stereocenters. The summed E-state index contributed by atoms with van der Waals surface area (Å²) in [6, 6.07) is 9.36. The smallest absolute Gasteiger partial charge is 0.418 e. The number of primary amides is 1. The minimum atomic E-state index is -4.68. The molecule has 2 fully saturated rings. The van der Waals surface area contributed by atoms with Gasteiger partial charge in [-0.2, -0.15) is 13.2 Å². The number of anilines is 2. The molecule has 0 radical (unpaired) electrons.